The molecule has 0 aliphatic heterocycles. The van der Waals surface area contributed by atoms with Gasteiger partial charge in [0.2, 0.25) is 0 Å². The zero-order valence-electron chi connectivity index (χ0n) is 14.0. The van der Waals surface area contributed by atoms with Crippen LogP contribution in [-0.4, -0.2) is 35.4 Å². The van der Waals surface area contributed by atoms with Crippen molar-refractivity contribution < 1.29 is 0 Å². The fourth-order valence-corrected chi connectivity index (χ4v) is 2.13. The summed E-state index contributed by atoms with van der Waals surface area (Å²) in [7, 11) is 1.95. The first kappa shape index (κ1) is 17.5. The van der Waals surface area contributed by atoms with Gasteiger partial charge in [0, 0.05) is 32.9 Å². The van der Waals surface area contributed by atoms with Gasteiger partial charge in [-0.1, -0.05) is 13.8 Å². The van der Waals surface area contributed by atoms with E-state index in [0.29, 0.717) is 0 Å². The van der Waals surface area contributed by atoms with Crippen molar-refractivity contribution in [1.29, 1.82) is 0 Å². The Morgan fingerprint density at radius 3 is 2.76 bits per heavy atom. The van der Waals surface area contributed by atoms with Crippen LogP contribution in [0.2, 0.25) is 0 Å². The number of aliphatic imine (C=N–C) groups is 1. The van der Waals surface area contributed by atoms with Crippen molar-refractivity contribution in [1.82, 2.24) is 20.4 Å². The monoisotopic (exact) mass is 293 g/mol. The highest BCUT2D eigenvalue weighted by atomic mass is 15.2. The van der Waals surface area contributed by atoms with Crippen LogP contribution in [0.4, 0.5) is 0 Å². The normalized spacial score (nSPS) is 12.0. The van der Waals surface area contributed by atoms with Crippen molar-refractivity contribution in [2.45, 2.75) is 46.5 Å². The number of hydrogen-bond acceptors (Lipinski definition) is 2. The van der Waals surface area contributed by atoms with E-state index in [9.17, 15) is 0 Å². The molecule has 0 spiro atoms. The van der Waals surface area contributed by atoms with E-state index in [1.54, 1.807) is 0 Å². The van der Waals surface area contributed by atoms with Crippen LogP contribution >= 0.6 is 0 Å². The summed E-state index contributed by atoms with van der Waals surface area (Å²) >= 11 is 0. The third-order valence-corrected chi connectivity index (χ3v) is 3.25. The van der Waals surface area contributed by atoms with Crippen molar-refractivity contribution in [2.75, 3.05) is 19.6 Å². The second-order valence-electron chi connectivity index (χ2n) is 5.85. The fraction of sp³-hybridized carbons (Fsp3) is 0.750. The molecule has 1 aromatic rings. The van der Waals surface area contributed by atoms with Crippen LogP contribution in [0.15, 0.2) is 17.4 Å². The number of nitrogens with one attached hydrogen (secondary N) is 2. The maximum absolute atomic E-state index is 4.62. The Bertz CT molecular complexity index is 409. The van der Waals surface area contributed by atoms with E-state index in [2.05, 4.69) is 47.7 Å². The molecule has 0 aliphatic carbocycles. The standard InChI is InChI=1S/C16H31N5/c1-5-17-16(18-10-6-8-14(2)3)19-11-7-9-15-12-20-21(4)13-15/h12-14H,5-11H2,1-4H3,(H2,17,18,19). The van der Waals surface area contributed by atoms with Crippen LogP contribution in [0.5, 0.6) is 0 Å². The maximum atomic E-state index is 4.62. The minimum Gasteiger partial charge on any atom is -0.357 e. The number of nitrogens with zero attached hydrogens (tertiary/aromatic N) is 3. The fourth-order valence-electron chi connectivity index (χ4n) is 2.13. The Kier molecular flexibility index (Phi) is 8.55. The average Bonchev–Trinajstić information content (AvgIpc) is 2.85. The van der Waals surface area contributed by atoms with Gasteiger partial charge in [-0.25, -0.2) is 0 Å². The van der Waals surface area contributed by atoms with Crippen LogP contribution in [0.3, 0.4) is 0 Å². The van der Waals surface area contributed by atoms with Gasteiger partial charge < -0.3 is 10.6 Å². The molecular weight excluding hydrogens is 262 g/mol. The van der Waals surface area contributed by atoms with Crippen LogP contribution in [0.1, 0.15) is 45.6 Å². The molecule has 0 atom stereocenters. The van der Waals surface area contributed by atoms with Gasteiger partial charge in [0.1, 0.15) is 0 Å². The molecule has 0 saturated carbocycles. The largest absolute Gasteiger partial charge is 0.357 e. The topological polar surface area (TPSA) is 54.2 Å². The molecule has 0 aromatic carbocycles. The lowest BCUT2D eigenvalue weighted by Crippen LogP contribution is -2.38. The van der Waals surface area contributed by atoms with Gasteiger partial charge in [-0.05, 0) is 44.1 Å². The molecule has 0 amide bonds. The third kappa shape index (κ3) is 8.38. The van der Waals surface area contributed by atoms with E-state index in [1.807, 2.05) is 17.9 Å². The van der Waals surface area contributed by atoms with Gasteiger partial charge in [0.25, 0.3) is 0 Å². The van der Waals surface area contributed by atoms with Gasteiger partial charge in [0.15, 0.2) is 5.96 Å². The highest BCUT2D eigenvalue weighted by Gasteiger charge is 1.99. The first-order chi connectivity index (χ1) is 10.1. The second-order valence-corrected chi connectivity index (χ2v) is 5.85. The predicted octanol–water partition coefficient (Wildman–Crippen LogP) is 2.34. The SMILES string of the molecule is CCNC(=NCCCc1cnn(C)c1)NCCCC(C)C. The number of aryl methyl sites for hydroxylation is 2. The zero-order valence-corrected chi connectivity index (χ0v) is 14.0. The molecule has 0 bridgehead atoms. The van der Waals surface area contributed by atoms with Gasteiger partial charge in [0.05, 0.1) is 6.20 Å². The quantitative estimate of drug-likeness (QED) is 0.417. The molecule has 5 heteroatoms. The zero-order chi connectivity index (χ0) is 15.5. The lowest BCUT2D eigenvalue weighted by Gasteiger charge is -2.11. The van der Waals surface area contributed by atoms with Gasteiger partial charge in [-0.15, -0.1) is 0 Å². The van der Waals surface area contributed by atoms with Crippen molar-refractivity contribution in [3.63, 3.8) is 0 Å². The smallest absolute Gasteiger partial charge is 0.191 e. The lowest BCUT2D eigenvalue weighted by atomic mass is 10.1. The minimum absolute atomic E-state index is 0.769. The molecule has 120 valence electrons. The Labute approximate surface area is 129 Å². The summed E-state index contributed by atoms with van der Waals surface area (Å²) < 4.78 is 1.85. The summed E-state index contributed by atoms with van der Waals surface area (Å²) in [5.74, 6) is 1.71. The first-order valence-corrected chi connectivity index (χ1v) is 8.11. The van der Waals surface area contributed by atoms with Gasteiger partial charge >= 0.3 is 0 Å². The van der Waals surface area contributed by atoms with E-state index in [-0.39, 0.29) is 0 Å². The molecule has 21 heavy (non-hydrogen) atoms. The summed E-state index contributed by atoms with van der Waals surface area (Å²) in [6.45, 7) is 9.36. The molecule has 1 rings (SSSR count). The highest BCUT2D eigenvalue weighted by molar-refractivity contribution is 5.79. The van der Waals surface area contributed by atoms with Crippen molar-refractivity contribution in [3.8, 4) is 0 Å². The Morgan fingerprint density at radius 1 is 1.33 bits per heavy atom. The molecule has 0 radical (unpaired) electrons. The van der Waals surface area contributed by atoms with E-state index >= 15 is 0 Å². The average molecular weight is 293 g/mol. The number of rotatable bonds is 9. The van der Waals surface area contributed by atoms with Crippen LogP contribution in [0.25, 0.3) is 0 Å². The Morgan fingerprint density at radius 2 is 2.14 bits per heavy atom. The number of hydrogen-bond donors (Lipinski definition) is 2. The predicted molar refractivity (Wildman–Crippen MR) is 89.6 cm³/mol. The lowest BCUT2D eigenvalue weighted by molar-refractivity contribution is 0.549. The molecule has 2 N–H and O–H groups in total. The molecule has 0 aliphatic rings. The van der Waals surface area contributed by atoms with E-state index in [1.165, 1.54) is 18.4 Å². The van der Waals surface area contributed by atoms with Crippen LogP contribution < -0.4 is 10.6 Å². The van der Waals surface area contributed by atoms with Crippen LogP contribution in [-0.2, 0) is 13.5 Å². The number of aromatic nitrogens is 2. The minimum atomic E-state index is 0.769. The molecule has 0 fully saturated rings. The Hall–Kier alpha value is -1.52. The van der Waals surface area contributed by atoms with Crippen molar-refractivity contribution >= 4 is 5.96 Å². The molecule has 0 saturated heterocycles. The molecular formula is C16H31N5. The maximum Gasteiger partial charge on any atom is 0.191 e. The summed E-state index contributed by atoms with van der Waals surface area (Å²) in [4.78, 5) is 4.62. The van der Waals surface area contributed by atoms with Crippen LogP contribution in [0, 0.1) is 5.92 Å². The molecule has 0 unspecified atom stereocenters. The number of guanidine groups is 1. The molecule has 5 nitrogen and oxygen atoms in total. The summed E-state index contributed by atoms with van der Waals surface area (Å²) in [5, 5.41) is 10.9. The second kappa shape index (κ2) is 10.2. The highest BCUT2D eigenvalue weighted by Crippen LogP contribution is 2.02. The van der Waals surface area contributed by atoms with Crippen molar-refractivity contribution in [3.05, 3.63) is 18.0 Å². The summed E-state index contributed by atoms with van der Waals surface area (Å²) in [6.07, 6.45) is 8.53. The summed E-state index contributed by atoms with van der Waals surface area (Å²) in [5.41, 5.74) is 1.28. The van der Waals surface area contributed by atoms with Gasteiger partial charge in [-0.3, -0.25) is 9.67 Å². The van der Waals surface area contributed by atoms with E-state index in [0.717, 1.165) is 44.4 Å². The third-order valence-electron chi connectivity index (χ3n) is 3.25. The van der Waals surface area contributed by atoms with Gasteiger partial charge in [-0.2, -0.15) is 5.10 Å². The molecule has 1 aromatic heterocycles. The van der Waals surface area contributed by atoms with Crippen molar-refractivity contribution in [2.24, 2.45) is 18.0 Å². The van der Waals surface area contributed by atoms with E-state index in [4.69, 9.17) is 0 Å². The first-order valence-electron chi connectivity index (χ1n) is 8.11. The van der Waals surface area contributed by atoms with E-state index < -0.39 is 0 Å². The summed E-state index contributed by atoms with van der Waals surface area (Å²) in [6, 6.07) is 0. The molecule has 1 heterocycles. The Balaban J connectivity index is 2.23.